The highest BCUT2D eigenvalue weighted by Gasteiger charge is 2.24. The quantitative estimate of drug-likeness (QED) is 0.322. The molecule has 0 aliphatic rings. The number of aryl methyl sites for hydroxylation is 1. The van der Waals surface area contributed by atoms with Crippen molar-refractivity contribution >= 4 is 0 Å². The molecule has 1 heterocycles. The lowest BCUT2D eigenvalue weighted by molar-refractivity contribution is 0.0191. The minimum Gasteiger partial charge on any atom is -0.497 e. The molecule has 0 bridgehead atoms. The summed E-state index contributed by atoms with van der Waals surface area (Å²) in [7, 11) is 3.49. The van der Waals surface area contributed by atoms with Gasteiger partial charge in [-0.05, 0) is 26.0 Å². The van der Waals surface area contributed by atoms with Gasteiger partial charge in [-0.3, -0.25) is 4.90 Å². The number of methoxy groups -OCH3 is 1. The van der Waals surface area contributed by atoms with Gasteiger partial charge in [0.05, 0.1) is 25.4 Å². The zero-order chi connectivity index (χ0) is 24.5. The van der Waals surface area contributed by atoms with Gasteiger partial charge in [0.15, 0.2) is 0 Å². The highest BCUT2D eigenvalue weighted by molar-refractivity contribution is 5.65. The molecule has 0 saturated heterocycles. The monoisotopic (exact) mass is 463 g/mol. The van der Waals surface area contributed by atoms with Crippen LogP contribution in [0, 0.1) is 12.3 Å². The van der Waals surface area contributed by atoms with E-state index in [0.717, 1.165) is 16.8 Å². The minimum absolute atomic E-state index is 0.163. The lowest BCUT2D eigenvalue weighted by Gasteiger charge is -2.29. The third-order valence-electron chi connectivity index (χ3n) is 5.42. The van der Waals surface area contributed by atoms with Crippen LogP contribution in [0.1, 0.15) is 19.4 Å². The Morgan fingerprint density at radius 3 is 2.53 bits per heavy atom. The van der Waals surface area contributed by atoms with Gasteiger partial charge in [-0.2, -0.15) is 5.10 Å². The largest absolute Gasteiger partial charge is 0.497 e. The van der Waals surface area contributed by atoms with E-state index in [1.165, 1.54) is 0 Å². The topological polar surface area (TPSA) is 69.0 Å². The van der Waals surface area contributed by atoms with Gasteiger partial charge < -0.3 is 19.3 Å². The van der Waals surface area contributed by atoms with Crippen molar-refractivity contribution in [2.24, 2.45) is 7.05 Å². The summed E-state index contributed by atoms with van der Waals surface area (Å²) in [6.45, 7) is 5.49. The Hall–Kier alpha value is -3.31. The van der Waals surface area contributed by atoms with Crippen LogP contribution in [0.2, 0.25) is 0 Å². The van der Waals surface area contributed by atoms with Gasteiger partial charge in [-0.25, -0.2) is 4.68 Å². The number of ether oxygens (including phenoxy) is 3. The van der Waals surface area contributed by atoms with Crippen LogP contribution in [0.4, 0.5) is 0 Å². The Bertz CT molecular complexity index is 1090. The van der Waals surface area contributed by atoms with Crippen LogP contribution in [0.3, 0.4) is 0 Å². The first kappa shape index (κ1) is 25.3. The Morgan fingerprint density at radius 1 is 1.12 bits per heavy atom. The molecule has 0 unspecified atom stereocenters. The Kier molecular flexibility index (Phi) is 9.11. The number of terminal acetylenes is 1. The fourth-order valence-electron chi connectivity index (χ4n) is 3.67. The second kappa shape index (κ2) is 12.2. The smallest absolute Gasteiger partial charge is 0.222 e. The predicted molar refractivity (Wildman–Crippen MR) is 133 cm³/mol. The number of hydrogen-bond acceptors (Lipinski definition) is 6. The molecule has 0 radical (unpaired) electrons. The molecule has 0 fully saturated rings. The van der Waals surface area contributed by atoms with Crippen molar-refractivity contribution in [1.29, 1.82) is 0 Å². The average molecular weight is 464 g/mol. The standard InChI is InChI=1S/C27H33N3O4/c1-6-15-33-19-22(31)17-30(20(2)3)18-25-26(21-11-8-7-9-12-21)28-29(4)27(25)34-24-14-10-13-23(16-24)32-5/h1,7-14,16,20,22,31H,15,17-19H2,2-5H3/t22-/m1/s1. The van der Waals surface area contributed by atoms with E-state index in [4.69, 9.17) is 25.7 Å². The van der Waals surface area contributed by atoms with Crippen LogP contribution in [0.5, 0.6) is 17.4 Å². The van der Waals surface area contributed by atoms with E-state index in [1.54, 1.807) is 11.8 Å². The molecule has 180 valence electrons. The Morgan fingerprint density at radius 2 is 1.85 bits per heavy atom. The first-order chi connectivity index (χ1) is 16.4. The van der Waals surface area contributed by atoms with Gasteiger partial charge in [0, 0.05) is 37.8 Å². The van der Waals surface area contributed by atoms with Crippen molar-refractivity contribution in [3.8, 4) is 41.0 Å². The lowest BCUT2D eigenvalue weighted by atomic mass is 10.1. The van der Waals surface area contributed by atoms with Gasteiger partial charge in [-0.1, -0.05) is 42.3 Å². The van der Waals surface area contributed by atoms with E-state index >= 15 is 0 Å². The van der Waals surface area contributed by atoms with E-state index in [-0.39, 0.29) is 19.3 Å². The summed E-state index contributed by atoms with van der Waals surface area (Å²) in [5.74, 6) is 4.42. The number of aliphatic hydroxyl groups excluding tert-OH is 1. The molecule has 0 aliphatic carbocycles. The van der Waals surface area contributed by atoms with Crippen LogP contribution < -0.4 is 9.47 Å². The number of aromatic nitrogens is 2. The molecule has 34 heavy (non-hydrogen) atoms. The molecule has 2 aromatic carbocycles. The van der Waals surface area contributed by atoms with Crippen molar-refractivity contribution in [2.45, 2.75) is 32.5 Å². The van der Waals surface area contributed by atoms with Gasteiger partial charge >= 0.3 is 0 Å². The Balaban J connectivity index is 1.95. The van der Waals surface area contributed by atoms with Crippen LogP contribution >= 0.6 is 0 Å². The van der Waals surface area contributed by atoms with Gasteiger partial charge in [0.1, 0.15) is 23.8 Å². The van der Waals surface area contributed by atoms with Crippen molar-refractivity contribution in [3.05, 3.63) is 60.2 Å². The summed E-state index contributed by atoms with van der Waals surface area (Å²) in [5, 5.41) is 15.3. The number of hydrogen-bond donors (Lipinski definition) is 1. The molecule has 0 aliphatic heterocycles. The maximum atomic E-state index is 10.5. The molecule has 0 spiro atoms. The minimum atomic E-state index is -0.671. The average Bonchev–Trinajstić information content (AvgIpc) is 3.14. The predicted octanol–water partition coefficient (Wildman–Crippen LogP) is 4.11. The maximum absolute atomic E-state index is 10.5. The Labute approximate surface area is 201 Å². The van der Waals surface area contributed by atoms with E-state index in [1.807, 2.05) is 61.6 Å². The highest BCUT2D eigenvalue weighted by Crippen LogP contribution is 2.35. The van der Waals surface area contributed by atoms with Crippen LogP contribution in [-0.4, -0.2) is 58.8 Å². The van der Waals surface area contributed by atoms with Gasteiger partial charge in [-0.15, -0.1) is 6.42 Å². The fourth-order valence-corrected chi connectivity index (χ4v) is 3.67. The first-order valence-corrected chi connectivity index (χ1v) is 11.3. The molecule has 3 rings (SSSR count). The van der Waals surface area contributed by atoms with Crippen LogP contribution in [0.15, 0.2) is 54.6 Å². The maximum Gasteiger partial charge on any atom is 0.222 e. The third kappa shape index (κ3) is 6.61. The zero-order valence-corrected chi connectivity index (χ0v) is 20.3. The van der Waals surface area contributed by atoms with Crippen LogP contribution in [-0.2, 0) is 18.3 Å². The fraction of sp³-hybridized carbons (Fsp3) is 0.370. The summed E-state index contributed by atoms with van der Waals surface area (Å²) in [5.41, 5.74) is 2.77. The highest BCUT2D eigenvalue weighted by atomic mass is 16.5. The van der Waals surface area contributed by atoms with Crippen molar-refractivity contribution < 1.29 is 19.3 Å². The molecule has 1 N–H and O–H groups in total. The number of aliphatic hydroxyl groups is 1. The number of rotatable bonds is 12. The second-order valence-electron chi connectivity index (χ2n) is 8.30. The van der Waals surface area contributed by atoms with E-state index in [9.17, 15) is 5.11 Å². The summed E-state index contributed by atoms with van der Waals surface area (Å²) in [6, 6.07) is 17.7. The normalized spacial score (nSPS) is 12.1. The van der Waals surface area contributed by atoms with E-state index < -0.39 is 6.10 Å². The van der Waals surface area contributed by atoms with Crippen molar-refractivity contribution in [1.82, 2.24) is 14.7 Å². The number of nitrogens with zero attached hydrogens (tertiary/aromatic N) is 3. The molecule has 1 atom stereocenters. The summed E-state index contributed by atoms with van der Waals surface area (Å²) < 4.78 is 18.8. The molecular formula is C27H33N3O4. The molecule has 0 saturated carbocycles. The summed E-state index contributed by atoms with van der Waals surface area (Å²) in [6.07, 6.45) is 4.57. The van der Waals surface area contributed by atoms with E-state index in [2.05, 4.69) is 24.7 Å². The first-order valence-electron chi connectivity index (χ1n) is 11.3. The lowest BCUT2D eigenvalue weighted by Crippen LogP contribution is -2.39. The third-order valence-corrected chi connectivity index (χ3v) is 5.42. The molecule has 7 nitrogen and oxygen atoms in total. The molecular weight excluding hydrogens is 430 g/mol. The molecule has 7 heteroatoms. The molecule has 0 amide bonds. The van der Waals surface area contributed by atoms with Crippen molar-refractivity contribution in [2.75, 3.05) is 26.9 Å². The second-order valence-corrected chi connectivity index (χ2v) is 8.30. The van der Waals surface area contributed by atoms with E-state index in [0.29, 0.717) is 30.5 Å². The molecule has 1 aromatic heterocycles. The van der Waals surface area contributed by atoms with Gasteiger partial charge in [0.2, 0.25) is 5.88 Å². The van der Waals surface area contributed by atoms with Gasteiger partial charge in [0.25, 0.3) is 0 Å². The summed E-state index contributed by atoms with van der Waals surface area (Å²) >= 11 is 0. The van der Waals surface area contributed by atoms with Crippen molar-refractivity contribution in [3.63, 3.8) is 0 Å². The SMILES string of the molecule is C#CCOC[C@H](O)CN(Cc1c(-c2ccccc2)nn(C)c1Oc1cccc(OC)c1)C(C)C. The molecule has 3 aromatic rings. The number of benzene rings is 2. The summed E-state index contributed by atoms with van der Waals surface area (Å²) in [4.78, 5) is 2.17. The zero-order valence-electron chi connectivity index (χ0n) is 20.3. The van der Waals surface area contributed by atoms with Crippen LogP contribution in [0.25, 0.3) is 11.3 Å².